The average molecular weight is 331 g/mol. The fraction of sp³-hybridized carbons (Fsp3) is 0.600. The smallest absolute Gasteiger partial charge is 0.305 e. The van der Waals surface area contributed by atoms with Crippen molar-refractivity contribution in [3.63, 3.8) is 0 Å². The van der Waals surface area contributed by atoms with E-state index in [1.54, 1.807) is 0 Å². The molecule has 0 saturated carbocycles. The standard InChI is InChI=1S/C20H29NO3/c1-5-24-18(22)10-8-6-7-9-13-21-17-12-11-15(2)14-16(17)20(3,4)19(21)23/h11-12,14H,5-10,13H2,1-4H3. The van der Waals surface area contributed by atoms with Crippen molar-refractivity contribution in [3.8, 4) is 0 Å². The number of nitrogens with zero attached hydrogens (tertiary/aromatic N) is 1. The maximum absolute atomic E-state index is 12.7. The number of aryl methyl sites for hydroxylation is 1. The Balaban J connectivity index is 1.84. The van der Waals surface area contributed by atoms with E-state index in [4.69, 9.17) is 4.74 Å². The number of rotatable bonds is 8. The van der Waals surface area contributed by atoms with E-state index >= 15 is 0 Å². The van der Waals surface area contributed by atoms with Crippen LogP contribution in [0.3, 0.4) is 0 Å². The molecule has 1 heterocycles. The SMILES string of the molecule is CCOC(=O)CCCCCCN1C(=O)C(C)(C)c2cc(C)ccc21. The number of fused-ring (bicyclic) bond motifs is 1. The van der Waals surface area contributed by atoms with Crippen LogP contribution in [0, 0.1) is 6.92 Å². The topological polar surface area (TPSA) is 46.6 Å². The van der Waals surface area contributed by atoms with Crippen LogP contribution >= 0.6 is 0 Å². The molecule has 0 aromatic heterocycles. The van der Waals surface area contributed by atoms with E-state index in [2.05, 4.69) is 25.1 Å². The van der Waals surface area contributed by atoms with Crippen molar-refractivity contribution in [2.24, 2.45) is 0 Å². The van der Waals surface area contributed by atoms with Gasteiger partial charge in [-0.15, -0.1) is 0 Å². The van der Waals surface area contributed by atoms with Crippen molar-refractivity contribution in [1.29, 1.82) is 0 Å². The minimum atomic E-state index is -0.439. The Labute approximate surface area is 145 Å². The fourth-order valence-electron chi connectivity index (χ4n) is 3.30. The Morgan fingerprint density at radius 1 is 1.17 bits per heavy atom. The molecule has 0 radical (unpaired) electrons. The maximum Gasteiger partial charge on any atom is 0.305 e. The maximum atomic E-state index is 12.7. The molecule has 1 aromatic rings. The van der Waals surface area contributed by atoms with E-state index in [-0.39, 0.29) is 11.9 Å². The van der Waals surface area contributed by atoms with Crippen LogP contribution in [0.1, 0.15) is 64.0 Å². The number of hydrogen-bond acceptors (Lipinski definition) is 3. The van der Waals surface area contributed by atoms with Crippen molar-refractivity contribution in [2.45, 2.75) is 65.2 Å². The molecule has 0 bridgehead atoms. The zero-order valence-corrected chi connectivity index (χ0v) is 15.4. The van der Waals surface area contributed by atoms with Crippen LogP contribution in [-0.4, -0.2) is 25.0 Å². The number of benzene rings is 1. The van der Waals surface area contributed by atoms with E-state index < -0.39 is 5.41 Å². The fourth-order valence-corrected chi connectivity index (χ4v) is 3.30. The summed E-state index contributed by atoms with van der Waals surface area (Å²) in [6.45, 7) is 9.10. The molecule has 4 heteroatoms. The average Bonchev–Trinajstić information content (AvgIpc) is 2.71. The third kappa shape index (κ3) is 3.97. The van der Waals surface area contributed by atoms with Gasteiger partial charge in [-0.2, -0.15) is 0 Å². The summed E-state index contributed by atoms with van der Waals surface area (Å²) in [5.41, 5.74) is 2.94. The second-order valence-corrected chi connectivity index (χ2v) is 7.07. The summed E-state index contributed by atoms with van der Waals surface area (Å²) in [5, 5.41) is 0. The van der Waals surface area contributed by atoms with Crippen LogP contribution in [0.4, 0.5) is 5.69 Å². The van der Waals surface area contributed by atoms with Gasteiger partial charge in [0, 0.05) is 18.7 Å². The quantitative estimate of drug-likeness (QED) is 0.531. The molecule has 0 unspecified atom stereocenters. The van der Waals surface area contributed by atoms with Gasteiger partial charge in [-0.1, -0.05) is 30.5 Å². The van der Waals surface area contributed by atoms with Gasteiger partial charge in [-0.25, -0.2) is 0 Å². The number of unbranched alkanes of at least 4 members (excludes halogenated alkanes) is 3. The lowest BCUT2D eigenvalue weighted by Gasteiger charge is -2.20. The molecular weight excluding hydrogens is 302 g/mol. The van der Waals surface area contributed by atoms with Crippen molar-refractivity contribution >= 4 is 17.6 Å². The Kier molecular flexibility index (Phi) is 6.03. The van der Waals surface area contributed by atoms with Gasteiger partial charge < -0.3 is 9.64 Å². The zero-order chi connectivity index (χ0) is 17.7. The molecule has 0 saturated heterocycles. The highest BCUT2D eigenvalue weighted by molar-refractivity contribution is 6.07. The summed E-state index contributed by atoms with van der Waals surface area (Å²) in [6.07, 6.45) is 4.31. The molecule has 0 N–H and O–H groups in total. The minimum absolute atomic E-state index is 0.113. The molecule has 0 aliphatic carbocycles. The molecule has 0 spiro atoms. The molecule has 24 heavy (non-hydrogen) atoms. The normalized spacial score (nSPS) is 15.5. The highest BCUT2D eigenvalue weighted by Crippen LogP contribution is 2.41. The number of anilines is 1. The number of amides is 1. The van der Waals surface area contributed by atoms with Gasteiger partial charge in [0.2, 0.25) is 5.91 Å². The molecule has 4 nitrogen and oxygen atoms in total. The summed E-state index contributed by atoms with van der Waals surface area (Å²) in [5.74, 6) is 0.0768. The number of ether oxygens (including phenoxy) is 1. The van der Waals surface area contributed by atoms with Gasteiger partial charge >= 0.3 is 5.97 Å². The first-order chi connectivity index (χ1) is 11.4. The monoisotopic (exact) mass is 331 g/mol. The Morgan fingerprint density at radius 3 is 2.58 bits per heavy atom. The first kappa shape index (κ1) is 18.5. The Morgan fingerprint density at radius 2 is 1.88 bits per heavy atom. The highest BCUT2D eigenvalue weighted by Gasteiger charge is 2.43. The van der Waals surface area contributed by atoms with Crippen LogP contribution < -0.4 is 4.90 Å². The molecule has 1 amide bonds. The summed E-state index contributed by atoms with van der Waals surface area (Å²) >= 11 is 0. The summed E-state index contributed by atoms with van der Waals surface area (Å²) < 4.78 is 4.92. The van der Waals surface area contributed by atoms with Crippen molar-refractivity contribution < 1.29 is 14.3 Å². The van der Waals surface area contributed by atoms with Gasteiger partial charge in [0.1, 0.15) is 0 Å². The molecule has 132 valence electrons. The molecule has 2 rings (SSSR count). The van der Waals surface area contributed by atoms with Crippen molar-refractivity contribution in [2.75, 3.05) is 18.1 Å². The molecule has 0 fully saturated rings. The van der Waals surface area contributed by atoms with Gasteiger partial charge in [-0.3, -0.25) is 9.59 Å². The third-order valence-corrected chi connectivity index (χ3v) is 4.71. The van der Waals surface area contributed by atoms with Gasteiger partial charge in [0.05, 0.1) is 12.0 Å². The predicted molar refractivity (Wildman–Crippen MR) is 96.3 cm³/mol. The van der Waals surface area contributed by atoms with E-state index in [1.807, 2.05) is 25.7 Å². The number of esters is 1. The third-order valence-electron chi connectivity index (χ3n) is 4.71. The zero-order valence-electron chi connectivity index (χ0n) is 15.4. The molecule has 1 aliphatic heterocycles. The minimum Gasteiger partial charge on any atom is -0.466 e. The van der Waals surface area contributed by atoms with Crippen LogP contribution in [-0.2, 0) is 19.7 Å². The Hall–Kier alpha value is -1.84. The van der Waals surface area contributed by atoms with Crippen LogP contribution in [0.25, 0.3) is 0 Å². The Bertz CT molecular complexity index is 607. The number of carbonyl (C=O) groups excluding carboxylic acids is 2. The first-order valence-corrected chi connectivity index (χ1v) is 8.96. The molecule has 1 aromatic carbocycles. The second kappa shape index (κ2) is 7.82. The van der Waals surface area contributed by atoms with E-state index in [9.17, 15) is 9.59 Å². The van der Waals surface area contributed by atoms with Crippen LogP contribution in [0.15, 0.2) is 18.2 Å². The number of carbonyl (C=O) groups is 2. The summed E-state index contributed by atoms with van der Waals surface area (Å²) in [6, 6.07) is 6.27. The number of hydrogen-bond donors (Lipinski definition) is 0. The molecule has 0 atom stereocenters. The van der Waals surface area contributed by atoms with Gasteiger partial charge in [0.25, 0.3) is 0 Å². The summed E-state index contributed by atoms with van der Waals surface area (Å²) in [4.78, 5) is 26.0. The lowest BCUT2D eigenvalue weighted by molar-refractivity contribution is -0.143. The van der Waals surface area contributed by atoms with E-state index in [1.165, 1.54) is 5.56 Å². The lowest BCUT2D eigenvalue weighted by Crippen LogP contribution is -2.36. The second-order valence-electron chi connectivity index (χ2n) is 7.07. The largest absolute Gasteiger partial charge is 0.466 e. The van der Waals surface area contributed by atoms with Crippen LogP contribution in [0.5, 0.6) is 0 Å². The highest BCUT2D eigenvalue weighted by atomic mass is 16.5. The van der Waals surface area contributed by atoms with Gasteiger partial charge in [-0.05, 0) is 52.2 Å². The van der Waals surface area contributed by atoms with Gasteiger partial charge in [0.15, 0.2) is 0 Å². The van der Waals surface area contributed by atoms with E-state index in [0.29, 0.717) is 13.0 Å². The first-order valence-electron chi connectivity index (χ1n) is 8.96. The molecular formula is C20H29NO3. The summed E-state index contributed by atoms with van der Waals surface area (Å²) in [7, 11) is 0. The van der Waals surface area contributed by atoms with Crippen LogP contribution in [0.2, 0.25) is 0 Å². The van der Waals surface area contributed by atoms with Crippen molar-refractivity contribution in [3.05, 3.63) is 29.3 Å². The van der Waals surface area contributed by atoms with Crippen molar-refractivity contribution in [1.82, 2.24) is 0 Å². The van der Waals surface area contributed by atoms with E-state index in [0.717, 1.165) is 43.5 Å². The predicted octanol–water partition coefficient (Wildman–Crippen LogP) is 4.13. The lowest BCUT2D eigenvalue weighted by atomic mass is 9.85. The molecule has 1 aliphatic rings.